The van der Waals surface area contributed by atoms with Gasteiger partial charge in [-0.3, -0.25) is 0 Å². The summed E-state index contributed by atoms with van der Waals surface area (Å²) < 4.78 is 4.71. The summed E-state index contributed by atoms with van der Waals surface area (Å²) in [6.07, 6.45) is 0. The molecule has 1 heterocycles. The van der Waals surface area contributed by atoms with Gasteiger partial charge in [-0.25, -0.2) is 14.4 Å². The minimum Gasteiger partial charge on any atom is -0.478 e. The van der Waals surface area contributed by atoms with Crippen LogP contribution in [0, 0.1) is 0 Å². The van der Waals surface area contributed by atoms with Crippen molar-refractivity contribution >= 4 is 52.8 Å². The molecule has 0 amide bonds. The first-order chi connectivity index (χ1) is 17.8. The van der Waals surface area contributed by atoms with Crippen LogP contribution in [0.15, 0.2) is 72.8 Å². The van der Waals surface area contributed by atoms with Gasteiger partial charge in [0.2, 0.25) is 17.8 Å². The molecule has 12 nitrogen and oxygen atoms in total. The van der Waals surface area contributed by atoms with Gasteiger partial charge in [-0.2, -0.15) is 15.0 Å². The van der Waals surface area contributed by atoms with E-state index in [-0.39, 0.29) is 29.0 Å². The topological polar surface area (TPSA) is 176 Å². The molecule has 3 aromatic carbocycles. The van der Waals surface area contributed by atoms with E-state index in [9.17, 15) is 14.4 Å². The Kier molecular flexibility index (Phi) is 7.19. The highest BCUT2D eigenvalue weighted by molar-refractivity contribution is 5.90. The van der Waals surface area contributed by atoms with Crippen molar-refractivity contribution in [2.75, 3.05) is 23.1 Å². The second kappa shape index (κ2) is 10.8. The zero-order valence-corrected chi connectivity index (χ0v) is 19.3. The van der Waals surface area contributed by atoms with E-state index >= 15 is 0 Å². The monoisotopic (exact) mass is 500 g/mol. The lowest BCUT2D eigenvalue weighted by Gasteiger charge is -2.12. The van der Waals surface area contributed by atoms with Crippen molar-refractivity contribution in [1.82, 2.24) is 15.0 Å². The number of hydrogen-bond acceptors (Lipinski definition) is 10. The molecule has 1 aromatic heterocycles. The molecule has 0 aliphatic carbocycles. The van der Waals surface area contributed by atoms with Gasteiger partial charge in [0.25, 0.3) is 0 Å². The third-order valence-electron chi connectivity index (χ3n) is 4.97. The van der Waals surface area contributed by atoms with Crippen molar-refractivity contribution < 1.29 is 29.3 Å². The van der Waals surface area contributed by atoms with Gasteiger partial charge < -0.3 is 30.9 Å². The minimum absolute atomic E-state index is 0.131. The Morgan fingerprint density at radius 3 is 1.14 bits per heavy atom. The van der Waals surface area contributed by atoms with Gasteiger partial charge in [-0.1, -0.05) is 0 Å². The minimum atomic E-state index is -1.04. The Balaban J connectivity index is 1.62. The first-order valence-electron chi connectivity index (χ1n) is 10.7. The number of anilines is 6. The fourth-order valence-corrected chi connectivity index (χ4v) is 3.13. The Bertz CT molecular complexity index is 1360. The van der Waals surface area contributed by atoms with Crippen LogP contribution in [-0.2, 0) is 4.74 Å². The summed E-state index contributed by atoms with van der Waals surface area (Å²) in [5.74, 6) is -2.09. The Morgan fingerprint density at radius 2 is 0.865 bits per heavy atom. The predicted molar refractivity (Wildman–Crippen MR) is 134 cm³/mol. The lowest BCUT2D eigenvalue weighted by Crippen LogP contribution is -2.08. The third kappa shape index (κ3) is 6.33. The van der Waals surface area contributed by atoms with Gasteiger partial charge in [0.05, 0.1) is 23.8 Å². The van der Waals surface area contributed by atoms with Crippen LogP contribution in [0.3, 0.4) is 0 Å². The quantitative estimate of drug-likeness (QED) is 0.206. The molecular formula is C25H20N6O6. The van der Waals surface area contributed by atoms with Gasteiger partial charge in [-0.15, -0.1) is 0 Å². The van der Waals surface area contributed by atoms with Crippen LogP contribution < -0.4 is 16.0 Å². The van der Waals surface area contributed by atoms with Crippen molar-refractivity contribution in [2.45, 2.75) is 0 Å². The summed E-state index contributed by atoms with van der Waals surface area (Å²) in [6, 6.07) is 18.5. The van der Waals surface area contributed by atoms with E-state index in [1.807, 2.05) is 0 Å². The molecule has 4 rings (SSSR count). The summed E-state index contributed by atoms with van der Waals surface area (Å²) in [5.41, 5.74) is 2.32. The number of aromatic carboxylic acids is 2. The van der Waals surface area contributed by atoms with E-state index in [1.165, 1.54) is 31.4 Å². The number of nitrogens with one attached hydrogen (secondary N) is 3. The van der Waals surface area contributed by atoms with Crippen LogP contribution in [0.2, 0.25) is 0 Å². The number of benzene rings is 3. The average molecular weight is 500 g/mol. The van der Waals surface area contributed by atoms with Gasteiger partial charge in [-0.05, 0) is 72.8 Å². The first-order valence-corrected chi connectivity index (χ1v) is 10.7. The fraction of sp³-hybridized carbons (Fsp3) is 0.0400. The van der Waals surface area contributed by atoms with Gasteiger partial charge in [0, 0.05) is 17.1 Å². The number of methoxy groups -OCH3 is 1. The number of ether oxygens (including phenoxy) is 1. The lowest BCUT2D eigenvalue weighted by molar-refractivity contribution is 0.0599. The first kappa shape index (κ1) is 24.6. The predicted octanol–water partition coefficient (Wildman–Crippen LogP) is 4.29. The Hall–Kier alpha value is -5.52. The van der Waals surface area contributed by atoms with Crippen LogP contribution in [0.4, 0.5) is 34.9 Å². The zero-order chi connectivity index (χ0) is 26.4. The molecule has 4 aromatic rings. The molecule has 12 heteroatoms. The maximum Gasteiger partial charge on any atom is 0.337 e. The fourth-order valence-electron chi connectivity index (χ4n) is 3.13. The van der Waals surface area contributed by atoms with Crippen LogP contribution in [0.5, 0.6) is 0 Å². The maximum absolute atomic E-state index is 11.7. The van der Waals surface area contributed by atoms with E-state index in [0.29, 0.717) is 22.6 Å². The van der Waals surface area contributed by atoms with Crippen molar-refractivity contribution in [3.63, 3.8) is 0 Å². The van der Waals surface area contributed by atoms with Gasteiger partial charge >= 0.3 is 17.9 Å². The lowest BCUT2D eigenvalue weighted by atomic mass is 10.2. The normalized spacial score (nSPS) is 10.3. The highest BCUT2D eigenvalue weighted by Crippen LogP contribution is 2.22. The molecule has 0 radical (unpaired) electrons. The smallest absolute Gasteiger partial charge is 0.337 e. The molecule has 0 fully saturated rings. The van der Waals surface area contributed by atoms with E-state index in [4.69, 9.17) is 14.9 Å². The second-order valence-corrected chi connectivity index (χ2v) is 7.52. The van der Waals surface area contributed by atoms with E-state index in [2.05, 4.69) is 30.9 Å². The molecule has 0 saturated heterocycles. The van der Waals surface area contributed by atoms with Gasteiger partial charge in [0.15, 0.2) is 0 Å². The zero-order valence-electron chi connectivity index (χ0n) is 19.3. The van der Waals surface area contributed by atoms with Crippen LogP contribution >= 0.6 is 0 Å². The number of carbonyl (C=O) groups excluding carboxylic acids is 1. The summed E-state index contributed by atoms with van der Waals surface area (Å²) >= 11 is 0. The number of esters is 1. The largest absolute Gasteiger partial charge is 0.478 e. The highest BCUT2D eigenvalue weighted by atomic mass is 16.5. The van der Waals surface area contributed by atoms with Gasteiger partial charge in [0.1, 0.15) is 0 Å². The Morgan fingerprint density at radius 1 is 0.568 bits per heavy atom. The summed E-state index contributed by atoms with van der Waals surface area (Å²) in [4.78, 5) is 47.0. The van der Waals surface area contributed by atoms with Crippen LogP contribution in [0.1, 0.15) is 31.1 Å². The Labute approximate surface area is 210 Å². The molecule has 5 N–H and O–H groups in total. The number of aromatic nitrogens is 3. The SMILES string of the molecule is COC(=O)c1ccc(Nc2nc(Nc3ccc(C(=O)O)cc3)nc(Nc3ccc(C(=O)O)cc3)n2)cc1. The van der Waals surface area contributed by atoms with Crippen LogP contribution in [-0.4, -0.2) is 50.2 Å². The molecule has 37 heavy (non-hydrogen) atoms. The number of nitrogens with zero attached hydrogens (tertiary/aromatic N) is 3. The number of carboxylic acids is 2. The van der Waals surface area contributed by atoms with Crippen molar-refractivity contribution in [1.29, 1.82) is 0 Å². The average Bonchev–Trinajstić information content (AvgIpc) is 2.89. The van der Waals surface area contributed by atoms with Crippen molar-refractivity contribution in [2.24, 2.45) is 0 Å². The highest BCUT2D eigenvalue weighted by Gasteiger charge is 2.11. The second-order valence-electron chi connectivity index (χ2n) is 7.52. The molecule has 0 spiro atoms. The summed E-state index contributed by atoms with van der Waals surface area (Å²) in [5, 5.41) is 27.2. The molecule has 0 bridgehead atoms. The molecule has 0 unspecified atom stereocenters. The summed E-state index contributed by atoms with van der Waals surface area (Å²) in [7, 11) is 1.30. The van der Waals surface area contributed by atoms with Crippen molar-refractivity contribution in [3.8, 4) is 0 Å². The maximum atomic E-state index is 11.7. The molecule has 0 aliphatic rings. The van der Waals surface area contributed by atoms with Crippen LogP contribution in [0.25, 0.3) is 0 Å². The molecule has 186 valence electrons. The number of rotatable bonds is 9. The van der Waals surface area contributed by atoms with E-state index < -0.39 is 17.9 Å². The van der Waals surface area contributed by atoms with E-state index in [1.54, 1.807) is 48.5 Å². The third-order valence-corrected chi connectivity index (χ3v) is 4.97. The molecule has 0 atom stereocenters. The number of hydrogen-bond donors (Lipinski definition) is 5. The molecule has 0 aliphatic heterocycles. The molecular weight excluding hydrogens is 480 g/mol. The van der Waals surface area contributed by atoms with E-state index in [0.717, 1.165) is 0 Å². The molecule has 0 saturated carbocycles. The summed E-state index contributed by atoms with van der Waals surface area (Å²) in [6.45, 7) is 0. The number of carboxylic acid groups (broad SMARTS) is 2. The van der Waals surface area contributed by atoms with Crippen molar-refractivity contribution in [3.05, 3.63) is 89.5 Å². The number of carbonyl (C=O) groups is 3. The standard InChI is InChI=1S/C25H20N6O6/c1-37-22(36)16-6-12-19(13-7-16)28-25-30-23(26-17-8-2-14(3-9-17)20(32)33)29-24(31-25)27-18-10-4-15(5-11-18)21(34)35/h2-13H,1H3,(H,32,33)(H,34,35)(H3,26,27,28,29,30,31).